The summed E-state index contributed by atoms with van der Waals surface area (Å²) in [6.07, 6.45) is 3.23. The van der Waals surface area contributed by atoms with Crippen molar-refractivity contribution in [2.75, 3.05) is 13.2 Å². The predicted octanol–water partition coefficient (Wildman–Crippen LogP) is 2.90. The normalized spacial score (nSPS) is 18.3. The molecule has 1 aliphatic rings. The maximum atomic E-state index is 8.81. The summed E-state index contributed by atoms with van der Waals surface area (Å²) in [7, 11) is 0. The summed E-state index contributed by atoms with van der Waals surface area (Å²) in [6.45, 7) is 10.2. The van der Waals surface area contributed by atoms with Gasteiger partial charge in [-0.15, -0.1) is 0 Å². The van der Waals surface area contributed by atoms with Gasteiger partial charge in [0.15, 0.2) is 0 Å². The first-order valence-electron chi connectivity index (χ1n) is 5.15. The first-order chi connectivity index (χ1) is 6.49. The highest BCUT2D eigenvalue weighted by molar-refractivity contribution is 8.01. The van der Waals surface area contributed by atoms with Gasteiger partial charge in [-0.25, -0.2) is 0 Å². The van der Waals surface area contributed by atoms with Crippen LogP contribution in [0, 0.1) is 0 Å². The maximum absolute atomic E-state index is 8.81. The number of rotatable bonds is 1. The zero-order valence-electron chi connectivity index (χ0n) is 9.71. The molecule has 1 heterocycles. The number of hydrogen-bond donors (Lipinski definition) is 0. The molecule has 0 saturated carbocycles. The molecular formula is C11H22O2S. The lowest BCUT2D eigenvalue weighted by atomic mass is 10.2. The van der Waals surface area contributed by atoms with Gasteiger partial charge in [-0.1, -0.05) is 20.8 Å². The van der Waals surface area contributed by atoms with E-state index < -0.39 is 0 Å². The van der Waals surface area contributed by atoms with Crippen LogP contribution in [0.3, 0.4) is 0 Å². The van der Waals surface area contributed by atoms with Crippen LogP contribution < -0.4 is 0 Å². The van der Waals surface area contributed by atoms with Gasteiger partial charge in [0.2, 0.25) is 0 Å². The van der Waals surface area contributed by atoms with E-state index in [0.717, 1.165) is 24.7 Å². The van der Waals surface area contributed by atoms with Crippen molar-refractivity contribution < 1.29 is 9.53 Å². The minimum absolute atomic E-state index is 0.419. The van der Waals surface area contributed by atoms with Crippen LogP contribution in [0.2, 0.25) is 0 Å². The zero-order chi connectivity index (χ0) is 11.0. The van der Waals surface area contributed by atoms with Crippen LogP contribution in [0.1, 0.15) is 40.5 Å². The van der Waals surface area contributed by atoms with Gasteiger partial charge in [0.1, 0.15) is 6.29 Å². The average molecular weight is 218 g/mol. The van der Waals surface area contributed by atoms with Gasteiger partial charge < -0.3 is 9.53 Å². The minimum Gasteiger partial charge on any atom is -0.381 e. The molecule has 0 radical (unpaired) electrons. The fourth-order valence-electron chi connectivity index (χ4n) is 1.29. The topological polar surface area (TPSA) is 26.3 Å². The number of thioether (sulfide) groups is 1. The maximum Gasteiger partial charge on any atom is 0.116 e. The largest absolute Gasteiger partial charge is 0.381 e. The van der Waals surface area contributed by atoms with Crippen molar-refractivity contribution in [1.29, 1.82) is 0 Å². The molecule has 1 fully saturated rings. The third kappa shape index (κ3) is 8.57. The van der Waals surface area contributed by atoms with Gasteiger partial charge in [-0.2, -0.15) is 11.8 Å². The molecule has 1 rings (SSSR count). The first kappa shape index (κ1) is 14.0. The fraction of sp³-hybridized carbons (Fsp3) is 0.909. The Morgan fingerprint density at radius 3 is 2.07 bits per heavy atom. The summed E-state index contributed by atoms with van der Waals surface area (Å²) in [6, 6.07) is 0. The van der Waals surface area contributed by atoms with Crippen LogP contribution in [0.15, 0.2) is 0 Å². The van der Waals surface area contributed by atoms with Gasteiger partial charge >= 0.3 is 0 Å². The Morgan fingerprint density at radius 1 is 1.29 bits per heavy atom. The highest BCUT2D eigenvalue weighted by atomic mass is 32.2. The summed E-state index contributed by atoms with van der Waals surface area (Å²) in [4.78, 5) is 8.81. The SMILES string of the molecule is CC(C)(C)SC1CCOCC1.CC=O. The summed E-state index contributed by atoms with van der Waals surface area (Å²) in [5.74, 6) is 0. The van der Waals surface area contributed by atoms with Crippen LogP contribution in [-0.2, 0) is 9.53 Å². The Morgan fingerprint density at radius 2 is 1.71 bits per heavy atom. The molecule has 1 saturated heterocycles. The van der Waals surface area contributed by atoms with Gasteiger partial charge in [0.05, 0.1) is 0 Å². The molecule has 2 nitrogen and oxygen atoms in total. The van der Waals surface area contributed by atoms with Crippen molar-refractivity contribution in [1.82, 2.24) is 0 Å². The van der Waals surface area contributed by atoms with E-state index in [2.05, 4.69) is 32.5 Å². The second-order valence-electron chi connectivity index (χ2n) is 4.28. The molecule has 0 aromatic carbocycles. The number of carbonyl (C=O) groups is 1. The van der Waals surface area contributed by atoms with Crippen molar-refractivity contribution in [2.45, 2.75) is 50.5 Å². The molecule has 0 amide bonds. The Hall–Kier alpha value is -0.0200. The smallest absolute Gasteiger partial charge is 0.116 e. The third-order valence-electron chi connectivity index (χ3n) is 1.69. The molecule has 0 spiro atoms. The standard InChI is InChI=1S/C9H18OS.C2H4O/c1-9(2,3)11-8-4-6-10-7-5-8;1-2-3/h8H,4-7H2,1-3H3;2H,1H3. The van der Waals surface area contributed by atoms with Crippen molar-refractivity contribution >= 4 is 18.0 Å². The highest BCUT2D eigenvalue weighted by Crippen LogP contribution is 2.32. The number of ether oxygens (including phenoxy) is 1. The van der Waals surface area contributed by atoms with Crippen LogP contribution in [0.4, 0.5) is 0 Å². The summed E-state index contributed by atoms with van der Waals surface area (Å²) in [5.41, 5.74) is 0. The lowest BCUT2D eigenvalue weighted by Gasteiger charge is -2.28. The Kier molecular flexibility index (Phi) is 7.28. The quantitative estimate of drug-likeness (QED) is 0.633. The highest BCUT2D eigenvalue weighted by Gasteiger charge is 2.20. The zero-order valence-corrected chi connectivity index (χ0v) is 10.5. The van der Waals surface area contributed by atoms with Gasteiger partial charge in [0.25, 0.3) is 0 Å². The summed E-state index contributed by atoms with van der Waals surface area (Å²) >= 11 is 2.10. The summed E-state index contributed by atoms with van der Waals surface area (Å²) in [5, 5.41) is 0.837. The second-order valence-corrected chi connectivity index (χ2v) is 6.40. The Bertz CT molecular complexity index is 146. The molecule has 0 unspecified atom stereocenters. The van der Waals surface area contributed by atoms with Crippen molar-refractivity contribution in [3.8, 4) is 0 Å². The molecule has 0 N–H and O–H groups in total. The van der Waals surface area contributed by atoms with Gasteiger partial charge in [0, 0.05) is 23.2 Å². The van der Waals surface area contributed by atoms with E-state index in [9.17, 15) is 0 Å². The number of aldehydes is 1. The lowest BCUT2D eigenvalue weighted by molar-refractivity contribution is -0.106. The van der Waals surface area contributed by atoms with E-state index >= 15 is 0 Å². The van der Waals surface area contributed by atoms with E-state index in [1.165, 1.54) is 19.8 Å². The number of carbonyl (C=O) groups excluding carboxylic acids is 1. The van der Waals surface area contributed by atoms with Crippen molar-refractivity contribution in [3.63, 3.8) is 0 Å². The van der Waals surface area contributed by atoms with Crippen molar-refractivity contribution in [2.24, 2.45) is 0 Å². The summed E-state index contributed by atoms with van der Waals surface area (Å²) < 4.78 is 5.72. The van der Waals surface area contributed by atoms with E-state index in [0.29, 0.717) is 4.75 Å². The van der Waals surface area contributed by atoms with E-state index in [-0.39, 0.29) is 0 Å². The second kappa shape index (κ2) is 7.30. The minimum atomic E-state index is 0.419. The van der Waals surface area contributed by atoms with Gasteiger partial charge in [-0.3, -0.25) is 0 Å². The van der Waals surface area contributed by atoms with E-state index in [1.807, 2.05) is 0 Å². The first-order valence-corrected chi connectivity index (χ1v) is 6.03. The van der Waals surface area contributed by atoms with E-state index in [1.54, 1.807) is 0 Å². The van der Waals surface area contributed by atoms with Crippen LogP contribution in [0.25, 0.3) is 0 Å². The van der Waals surface area contributed by atoms with Crippen LogP contribution >= 0.6 is 11.8 Å². The third-order valence-corrected chi connectivity index (χ3v) is 3.20. The molecular weight excluding hydrogens is 196 g/mol. The molecule has 84 valence electrons. The Labute approximate surface area is 91.8 Å². The molecule has 0 aromatic rings. The molecule has 0 aliphatic carbocycles. The molecule has 0 aromatic heterocycles. The molecule has 3 heteroatoms. The van der Waals surface area contributed by atoms with E-state index in [4.69, 9.17) is 9.53 Å². The van der Waals surface area contributed by atoms with Crippen LogP contribution in [-0.4, -0.2) is 29.5 Å². The molecule has 0 bridgehead atoms. The lowest BCUT2D eigenvalue weighted by Crippen LogP contribution is -2.22. The van der Waals surface area contributed by atoms with Gasteiger partial charge in [-0.05, 0) is 19.8 Å². The average Bonchev–Trinajstić information content (AvgIpc) is 2.04. The Balaban J connectivity index is 0.000000500. The van der Waals surface area contributed by atoms with Crippen molar-refractivity contribution in [3.05, 3.63) is 0 Å². The molecule has 1 aliphatic heterocycles. The van der Waals surface area contributed by atoms with Crippen LogP contribution in [0.5, 0.6) is 0 Å². The molecule has 0 atom stereocenters. The number of hydrogen-bond acceptors (Lipinski definition) is 3. The predicted molar refractivity (Wildman–Crippen MR) is 62.9 cm³/mol. The molecule has 14 heavy (non-hydrogen) atoms. The fourth-order valence-corrected chi connectivity index (χ4v) is 2.72. The monoisotopic (exact) mass is 218 g/mol.